The van der Waals surface area contributed by atoms with Gasteiger partial charge in [-0.25, -0.2) is 0 Å². The van der Waals surface area contributed by atoms with E-state index in [0.29, 0.717) is 6.10 Å². The van der Waals surface area contributed by atoms with Gasteiger partial charge in [-0.1, -0.05) is 43.1 Å². The first-order valence-electron chi connectivity index (χ1n) is 9.06. The van der Waals surface area contributed by atoms with E-state index < -0.39 is 0 Å². The fourth-order valence-corrected chi connectivity index (χ4v) is 7.74. The predicted molar refractivity (Wildman–Crippen MR) is 91.1 cm³/mol. The molecule has 1 saturated heterocycles. The van der Waals surface area contributed by atoms with Crippen molar-refractivity contribution < 1.29 is 4.74 Å². The fraction of sp³-hybridized carbons (Fsp3) is 0.889. The number of hydrogen-bond donors (Lipinski definition) is 0. The molecule has 0 amide bonds. The number of ether oxygens (including phenoxy) is 1. The van der Waals surface area contributed by atoms with E-state index in [2.05, 4.69) is 26.0 Å². The lowest BCUT2D eigenvalue weighted by atomic mass is 9.76. The molecule has 20 heavy (non-hydrogen) atoms. The van der Waals surface area contributed by atoms with Crippen molar-refractivity contribution in [3.63, 3.8) is 0 Å². The van der Waals surface area contributed by atoms with Crippen LogP contribution in [0.25, 0.3) is 0 Å². The van der Waals surface area contributed by atoms with Gasteiger partial charge in [-0.15, -0.1) is 0 Å². The zero-order valence-corrected chi connectivity index (χ0v) is 14.8. The Kier molecular flexibility index (Phi) is 7.36. The summed E-state index contributed by atoms with van der Waals surface area (Å²) in [5, 5.41) is 0. The first-order valence-corrected chi connectivity index (χ1v) is 11.5. The van der Waals surface area contributed by atoms with Crippen molar-refractivity contribution in [2.45, 2.75) is 83.0 Å². The van der Waals surface area contributed by atoms with Gasteiger partial charge >= 0.3 is 0 Å². The molecule has 0 bridgehead atoms. The number of allylic oxidation sites excluding steroid dienone is 2. The summed E-state index contributed by atoms with van der Waals surface area (Å²) in [6.07, 6.45) is 15.2. The summed E-state index contributed by atoms with van der Waals surface area (Å²) in [5.74, 6) is 2.11. The molecule has 0 radical (unpaired) electrons. The van der Waals surface area contributed by atoms with Gasteiger partial charge in [0.1, 0.15) is 0 Å². The van der Waals surface area contributed by atoms with E-state index in [1.54, 1.807) is 31.0 Å². The van der Waals surface area contributed by atoms with Crippen molar-refractivity contribution in [3.05, 3.63) is 12.2 Å². The van der Waals surface area contributed by atoms with Crippen molar-refractivity contribution in [2.24, 2.45) is 11.8 Å². The summed E-state index contributed by atoms with van der Waals surface area (Å²) in [5.41, 5.74) is 0. The van der Waals surface area contributed by atoms with E-state index in [1.807, 2.05) is 0 Å². The molecule has 1 heterocycles. The largest absolute Gasteiger partial charge is 0.379 e. The lowest BCUT2D eigenvalue weighted by molar-refractivity contribution is 0.0171. The van der Waals surface area contributed by atoms with Crippen LogP contribution in [0.1, 0.15) is 58.8 Å². The van der Waals surface area contributed by atoms with Crippen molar-refractivity contribution in [1.82, 2.24) is 0 Å². The highest BCUT2D eigenvalue weighted by molar-refractivity contribution is 6.59. The van der Waals surface area contributed by atoms with Crippen LogP contribution in [-0.2, 0) is 4.74 Å². The summed E-state index contributed by atoms with van der Waals surface area (Å²) < 4.78 is 5.79. The van der Waals surface area contributed by atoms with Gasteiger partial charge in [-0.3, -0.25) is 0 Å². The van der Waals surface area contributed by atoms with E-state index in [9.17, 15) is 0 Å². The maximum Gasteiger partial charge on any atom is 0.0575 e. The van der Waals surface area contributed by atoms with Gasteiger partial charge in [0.15, 0.2) is 0 Å². The van der Waals surface area contributed by atoms with E-state index in [4.69, 9.17) is 4.74 Å². The van der Waals surface area contributed by atoms with Crippen molar-refractivity contribution >= 4 is 8.80 Å². The third-order valence-corrected chi connectivity index (χ3v) is 9.11. The Bertz CT molecular complexity index is 273. The Morgan fingerprint density at radius 1 is 1.00 bits per heavy atom. The quantitative estimate of drug-likeness (QED) is 0.484. The third kappa shape index (κ3) is 5.03. The summed E-state index contributed by atoms with van der Waals surface area (Å²) in [6.45, 7) is 5.18. The molecule has 1 aliphatic heterocycles. The van der Waals surface area contributed by atoms with Crippen LogP contribution in [0.15, 0.2) is 12.2 Å². The Hall–Kier alpha value is -0.0831. The van der Waals surface area contributed by atoms with Crippen LogP contribution in [0, 0.1) is 11.8 Å². The maximum absolute atomic E-state index is 5.79. The van der Waals surface area contributed by atoms with E-state index in [-0.39, 0.29) is 8.80 Å². The van der Waals surface area contributed by atoms with E-state index in [0.717, 1.165) is 18.4 Å². The van der Waals surface area contributed by atoms with Crippen molar-refractivity contribution in [2.75, 3.05) is 6.61 Å². The molecule has 0 atom stereocenters. The lowest BCUT2D eigenvalue weighted by Crippen LogP contribution is -2.30. The van der Waals surface area contributed by atoms with Crippen molar-refractivity contribution in [3.8, 4) is 0 Å². The van der Waals surface area contributed by atoms with Gasteiger partial charge in [0.05, 0.1) is 6.10 Å². The minimum atomic E-state index is -0.350. The van der Waals surface area contributed by atoms with Crippen LogP contribution in [-0.4, -0.2) is 21.5 Å². The van der Waals surface area contributed by atoms with Crippen molar-refractivity contribution in [1.29, 1.82) is 0 Å². The van der Waals surface area contributed by atoms with Crippen LogP contribution in [0.2, 0.25) is 18.1 Å². The zero-order chi connectivity index (χ0) is 14.2. The normalized spacial score (nSPS) is 35.5. The molecule has 1 aliphatic carbocycles. The van der Waals surface area contributed by atoms with Gasteiger partial charge in [0.2, 0.25) is 0 Å². The predicted octanol–water partition coefficient (Wildman–Crippen LogP) is 5.19. The molecular weight excluding hydrogens is 260 g/mol. The van der Waals surface area contributed by atoms with Gasteiger partial charge in [0.25, 0.3) is 0 Å². The van der Waals surface area contributed by atoms with Crippen LogP contribution >= 0.6 is 0 Å². The number of rotatable bonds is 6. The Labute approximate surface area is 127 Å². The van der Waals surface area contributed by atoms with E-state index in [1.165, 1.54) is 32.1 Å². The summed E-state index contributed by atoms with van der Waals surface area (Å²) in [7, 11) is -0.350. The summed E-state index contributed by atoms with van der Waals surface area (Å²) in [4.78, 5) is 0. The maximum atomic E-state index is 5.79. The van der Waals surface area contributed by atoms with E-state index >= 15 is 0 Å². The van der Waals surface area contributed by atoms with Gasteiger partial charge in [-0.2, -0.15) is 0 Å². The minimum Gasteiger partial charge on any atom is -0.379 e. The molecular formula is C18H34OSi. The first-order chi connectivity index (χ1) is 9.83. The smallest absolute Gasteiger partial charge is 0.0575 e. The van der Waals surface area contributed by atoms with Gasteiger partial charge in [-0.05, 0) is 57.8 Å². The standard InChI is InChI=1S/C18H34OSi/c1-3-5-6-13-20-14-11-17(12-15-20)16-7-9-18(10-8-16)19-4-2/h3,5,16-18,20H,4,6-15H2,1-2H3/b5-3+. The SMILES string of the molecule is C/C=C/CC[SiH]1CCC(C2CCC(OCC)CC2)CC1. The Morgan fingerprint density at radius 2 is 1.65 bits per heavy atom. The molecule has 2 aliphatic rings. The van der Waals surface area contributed by atoms with Crippen LogP contribution in [0.5, 0.6) is 0 Å². The second-order valence-corrected chi connectivity index (χ2v) is 10.4. The van der Waals surface area contributed by atoms with Gasteiger partial charge < -0.3 is 4.74 Å². The van der Waals surface area contributed by atoms with Crippen LogP contribution in [0.3, 0.4) is 0 Å². The topological polar surface area (TPSA) is 9.23 Å². The number of hydrogen-bond acceptors (Lipinski definition) is 1. The second kappa shape index (κ2) is 9.04. The molecule has 0 N–H and O–H groups in total. The molecule has 116 valence electrons. The molecule has 2 heteroatoms. The monoisotopic (exact) mass is 294 g/mol. The zero-order valence-electron chi connectivity index (χ0n) is 13.7. The summed E-state index contributed by atoms with van der Waals surface area (Å²) in [6, 6.07) is 4.83. The Balaban J connectivity index is 1.64. The van der Waals surface area contributed by atoms with Crippen LogP contribution in [0.4, 0.5) is 0 Å². The Morgan fingerprint density at radius 3 is 2.25 bits per heavy atom. The summed E-state index contributed by atoms with van der Waals surface area (Å²) >= 11 is 0. The third-order valence-electron chi connectivity index (χ3n) is 5.66. The molecule has 2 rings (SSSR count). The average Bonchev–Trinajstić information content (AvgIpc) is 2.49. The average molecular weight is 295 g/mol. The molecule has 1 saturated carbocycles. The molecule has 0 spiro atoms. The second-order valence-electron chi connectivity index (χ2n) is 6.92. The molecule has 0 aromatic heterocycles. The molecule has 0 aromatic carbocycles. The molecule has 2 fully saturated rings. The van der Waals surface area contributed by atoms with Crippen LogP contribution < -0.4 is 0 Å². The minimum absolute atomic E-state index is 0.350. The fourth-order valence-electron chi connectivity index (χ4n) is 4.41. The highest BCUT2D eigenvalue weighted by atomic mass is 28.3. The first kappa shape index (κ1) is 16.3. The van der Waals surface area contributed by atoms with Gasteiger partial charge in [0, 0.05) is 15.4 Å². The molecule has 0 aromatic rings. The molecule has 1 nitrogen and oxygen atoms in total. The highest BCUT2D eigenvalue weighted by Crippen LogP contribution is 2.40. The highest BCUT2D eigenvalue weighted by Gasteiger charge is 2.31. The lowest BCUT2D eigenvalue weighted by Gasteiger charge is -2.37. The molecule has 0 unspecified atom stereocenters.